The molecule has 0 amide bonds. The van der Waals surface area contributed by atoms with Gasteiger partial charge in [0.25, 0.3) is 0 Å². The van der Waals surface area contributed by atoms with E-state index in [2.05, 4.69) is 0 Å². The fraction of sp³-hybridized carbons (Fsp3) is 0.387. The summed E-state index contributed by atoms with van der Waals surface area (Å²) in [6.07, 6.45) is 1.14. The maximum atomic E-state index is 15.3. The lowest BCUT2D eigenvalue weighted by Gasteiger charge is -2.19. The Kier molecular flexibility index (Phi) is 7.88. The summed E-state index contributed by atoms with van der Waals surface area (Å²) in [5, 5.41) is 9.07. The zero-order valence-electron chi connectivity index (χ0n) is 22.8. The molecule has 0 aromatic heterocycles. The Labute approximate surface area is 233 Å². The molecule has 7 nitrogen and oxygen atoms in total. The molecule has 1 N–H and O–H groups in total. The van der Waals surface area contributed by atoms with Crippen molar-refractivity contribution in [2.75, 3.05) is 26.1 Å². The first kappa shape index (κ1) is 28.1. The van der Waals surface area contributed by atoms with Crippen LogP contribution in [-0.2, 0) is 25.8 Å². The van der Waals surface area contributed by atoms with Crippen molar-refractivity contribution in [3.63, 3.8) is 0 Å². The molecule has 1 aliphatic heterocycles. The minimum absolute atomic E-state index is 0.0776. The molecule has 1 heterocycles. The Bertz CT molecular complexity index is 1540. The summed E-state index contributed by atoms with van der Waals surface area (Å²) in [5.41, 5.74) is 5.64. The van der Waals surface area contributed by atoms with Gasteiger partial charge in [0.1, 0.15) is 23.4 Å². The highest BCUT2D eigenvalue weighted by Crippen LogP contribution is 2.45. The van der Waals surface area contributed by atoms with Crippen LogP contribution in [0, 0.1) is 19.7 Å². The summed E-state index contributed by atoms with van der Waals surface area (Å²) < 4.78 is 57.6. The van der Waals surface area contributed by atoms with Crippen molar-refractivity contribution >= 4 is 15.8 Å². The third-order valence-corrected chi connectivity index (χ3v) is 9.55. The molecule has 2 atom stereocenters. The van der Waals surface area contributed by atoms with Crippen molar-refractivity contribution in [2.24, 2.45) is 0 Å². The van der Waals surface area contributed by atoms with Crippen molar-refractivity contribution in [1.29, 1.82) is 0 Å². The van der Waals surface area contributed by atoms with Gasteiger partial charge in [0.05, 0.1) is 30.8 Å². The first-order chi connectivity index (χ1) is 19.1. The van der Waals surface area contributed by atoms with Crippen molar-refractivity contribution in [3.05, 3.63) is 76.1 Å². The summed E-state index contributed by atoms with van der Waals surface area (Å²) in [4.78, 5) is 11.9. The molecular weight excluding hydrogens is 535 g/mol. The topological polar surface area (TPSA) is 99.1 Å². The molecule has 40 heavy (non-hydrogen) atoms. The van der Waals surface area contributed by atoms with E-state index in [0.717, 1.165) is 33.4 Å². The van der Waals surface area contributed by atoms with Crippen molar-refractivity contribution in [3.8, 4) is 22.6 Å². The number of carbonyl (C=O) groups is 1. The van der Waals surface area contributed by atoms with Crippen LogP contribution < -0.4 is 9.47 Å². The number of halogens is 1. The Morgan fingerprint density at radius 2 is 1.88 bits per heavy atom. The van der Waals surface area contributed by atoms with Gasteiger partial charge in [-0.2, -0.15) is 0 Å². The number of rotatable bonds is 9. The Morgan fingerprint density at radius 3 is 2.58 bits per heavy atom. The van der Waals surface area contributed by atoms with Crippen LogP contribution >= 0.6 is 0 Å². The van der Waals surface area contributed by atoms with Crippen LogP contribution in [0.2, 0.25) is 0 Å². The highest BCUT2D eigenvalue weighted by atomic mass is 32.2. The van der Waals surface area contributed by atoms with Gasteiger partial charge in [0.15, 0.2) is 9.84 Å². The molecule has 2 unspecified atom stereocenters. The number of hydrogen-bond acceptors (Lipinski definition) is 7. The average molecular weight is 569 g/mol. The van der Waals surface area contributed by atoms with Gasteiger partial charge in [-0.25, -0.2) is 12.8 Å². The monoisotopic (exact) mass is 568 g/mol. The quantitative estimate of drug-likeness (QED) is 0.347. The number of aliphatic hydroxyl groups is 1. The standard InChI is InChI=1S/C31H33FO7S/c1-18-13-22(40(35,36)12-4-11-33)14-19(2)30(18)24-7-9-26(32)31-25(24)8-10-27(31)39-21-5-6-23-20(15-29(34)37-3)17-38-28(23)16-21/h5-7,9,13-14,16,20,27,33H,4,8,10-12,15,17H2,1-3H3. The molecule has 9 heteroatoms. The largest absolute Gasteiger partial charge is 0.492 e. The van der Waals surface area contributed by atoms with Gasteiger partial charge in [0.2, 0.25) is 0 Å². The van der Waals surface area contributed by atoms with E-state index < -0.39 is 15.9 Å². The van der Waals surface area contributed by atoms with E-state index >= 15 is 4.39 Å². The second-order valence-corrected chi connectivity index (χ2v) is 12.6. The molecule has 0 radical (unpaired) electrons. The number of aryl methyl sites for hydroxylation is 2. The highest BCUT2D eigenvalue weighted by molar-refractivity contribution is 7.91. The number of fused-ring (bicyclic) bond motifs is 2. The SMILES string of the molecule is COC(=O)CC1COc2cc(OC3CCc4c(-c5c(C)cc(S(=O)(=O)CCCO)cc5C)ccc(F)c43)ccc21. The lowest BCUT2D eigenvalue weighted by atomic mass is 9.90. The number of carbonyl (C=O) groups excluding carboxylic acids is 1. The van der Waals surface area contributed by atoms with Crippen LogP contribution in [0.1, 0.15) is 59.1 Å². The summed E-state index contributed by atoms with van der Waals surface area (Å²) in [6, 6.07) is 12.0. The Balaban J connectivity index is 1.43. The number of benzene rings is 3. The fourth-order valence-electron chi connectivity index (χ4n) is 5.87. The minimum Gasteiger partial charge on any atom is -0.492 e. The molecule has 5 rings (SSSR count). The molecule has 2 aliphatic rings. The first-order valence-electron chi connectivity index (χ1n) is 13.4. The summed E-state index contributed by atoms with van der Waals surface area (Å²) in [5.74, 6) is 0.386. The molecule has 0 saturated carbocycles. The zero-order valence-corrected chi connectivity index (χ0v) is 23.6. The summed E-state index contributed by atoms with van der Waals surface area (Å²) in [7, 11) is -2.15. The number of methoxy groups -OCH3 is 1. The highest BCUT2D eigenvalue weighted by Gasteiger charge is 2.32. The predicted octanol–water partition coefficient (Wildman–Crippen LogP) is 5.37. The molecule has 0 saturated heterocycles. The number of aliphatic hydroxyl groups excluding tert-OH is 1. The lowest BCUT2D eigenvalue weighted by molar-refractivity contribution is -0.141. The predicted molar refractivity (Wildman–Crippen MR) is 148 cm³/mol. The van der Waals surface area contributed by atoms with Crippen LogP contribution in [0.3, 0.4) is 0 Å². The number of sulfone groups is 1. The summed E-state index contributed by atoms with van der Waals surface area (Å²) in [6.45, 7) is 3.93. The van der Waals surface area contributed by atoms with Crippen molar-refractivity contribution in [1.82, 2.24) is 0 Å². The third-order valence-electron chi connectivity index (χ3n) is 7.77. The number of esters is 1. The third kappa shape index (κ3) is 5.32. The van der Waals surface area contributed by atoms with Crippen LogP contribution in [0.15, 0.2) is 47.4 Å². The zero-order chi connectivity index (χ0) is 28.6. The summed E-state index contributed by atoms with van der Waals surface area (Å²) >= 11 is 0. The fourth-order valence-corrected chi connectivity index (χ4v) is 7.33. The van der Waals surface area contributed by atoms with E-state index in [9.17, 15) is 13.2 Å². The Morgan fingerprint density at radius 1 is 1.12 bits per heavy atom. The van der Waals surface area contributed by atoms with Gasteiger partial charge in [-0.05, 0) is 85.2 Å². The average Bonchev–Trinajstić information content (AvgIpc) is 3.53. The van der Waals surface area contributed by atoms with Crippen molar-refractivity contribution in [2.45, 2.75) is 56.4 Å². The molecule has 3 aromatic carbocycles. The van der Waals surface area contributed by atoms with E-state index in [1.54, 1.807) is 24.3 Å². The molecule has 0 fully saturated rings. The van der Waals surface area contributed by atoms with Gasteiger partial charge < -0.3 is 19.3 Å². The Hall–Kier alpha value is -3.43. The van der Waals surface area contributed by atoms with Gasteiger partial charge >= 0.3 is 5.97 Å². The molecule has 3 aromatic rings. The molecule has 0 bridgehead atoms. The van der Waals surface area contributed by atoms with Crippen LogP contribution in [-0.4, -0.2) is 45.6 Å². The van der Waals surface area contributed by atoms with Crippen molar-refractivity contribution < 1.29 is 36.9 Å². The van der Waals surface area contributed by atoms with E-state index in [4.69, 9.17) is 19.3 Å². The number of hydrogen-bond donors (Lipinski definition) is 1. The van der Waals surface area contributed by atoms with E-state index in [-0.39, 0.29) is 47.8 Å². The molecule has 1 aliphatic carbocycles. The van der Waals surface area contributed by atoms with E-state index in [1.165, 1.54) is 13.2 Å². The van der Waals surface area contributed by atoms with Crippen LogP contribution in [0.25, 0.3) is 11.1 Å². The maximum Gasteiger partial charge on any atom is 0.306 e. The minimum atomic E-state index is -3.52. The van der Waals surface area contributed by atoms with Gasteiger partial charge in [0, 0.05) is 29.7 Å². The molecule has 0 spiro atoms. The second kappa shape index (κ2) is 11.2. The van der Waals surface area contributed by atoms with Gasteiger partial charge in [-0.1, -0.05) is 12.1 Å². The molecule has 212 valence electrons. The van der Waals surface area contributed by atoms with Crippen LogP contribution in [0.4, 0.5) is 4.39 Å². The van der Waals surface area contributed by atoms with E-state index in [0.29, 0.717) is 36.5 Å². The number of ether oxygens (including phenoxy) is 3. The van der Waals surface area contributed by atoms with Gasteiger partial charge in [-0.15, -0.1) is 0 Å². The lowest BCUT2D eigenvalue weighted by Crippen LogP contribution is -2.10. The van der Waals surface area contributed by atoms with E-state index in [1.807, 2.05) is 26.0 Å². The maximum absolute atomic E-state index is 15.3. The second-order valence-electron chi connectivity index (χ2n) is 10.4. The molecular formula is C31H33FO7S. The first-order valence-corrected chi connectivity index (χ1v) is 15.0. The van der Waals surface area contributed by atoms with Gasteiger partial charge in [-0.3, -0.25) is 4.79 Å². The smallest absolute Gasteiger partial charge is 0.306 e. The van der Waals surface area contributed by atoms with Crippen LogP contribution in [0.5, 0.6) is 11.5 Å². The normalized spacial score (nSPS) is 17.7.